The molecule has 7 heteroatoms. The number of ether oxygens (including phenoxy) is 2. The third-order valence-corrected chi connectivity index (χ3v) is 18.6. The van der Waals surface area contributed by atoms with E-state index in [0.29, 0.717) is 12.5 Å². The van der Waals surface area contributed by atoms with E-state index in [-0.39, 0.29) is 0 Å². The molecule has 0 aromatic carbocycles. The Morgan fingerprint density at radius 3 is 1.12 bits per heavy atom. The fraction of sp³-hybridized carbons (Fsp3) is 0.480. The summed E-state index contributed by atoms with van der Waals surface area (Å²) in [4.78, 5) is 12.2. The first-order valence-corrected chi connectivity index (χ1v) is 23.2. The molecule has 0 rings (SSSR count). The van der Waals surface area contributed by atoms with Crippen molar-refractivity contribution >= 4 is 38.5 Å². The number of hydrogen-bond donors (Lipinski definition) is 0. The summed E-state index contributed by atoms with van der Waals surface area (Å²) in [5, 5.41) is 0. The summed E-state index contributed by atoms with van der Waals surface area (Å²) >= 11 is 0. The van der Waals surface area contributed by atoms with Crippen molar-refractivity contribution in [2.75, 3.05) is 12.5 Å². The fourth-order valence-electron chi connectivity index (χ4n) is 3.55. The molecule has 0 saturated carbocycles. The van der Waals surface area contributed by atoms with Crippen LogP contribution in [0.15, 0.2) is 73.7 Å². The number of hydrogen-bond acceptors (Lipinski definition) is 3. The molecule has 0 aliphatic carbocycles. The van der Waals surface area contributed by atoms with Crippen LogP contribution < -0.4 is 0 Å². The van der Waals surface area contributed by atoms with Crippen LogP contribution in [-0.4, -0.2) is 50.9 Å². The van der Waals surface area contributed by atoms with Crippen molar-refractivity contribution in [3.05, 3.63) is 73.7 Å². The average molecular weight is 507 g/mol. The zero-order chi connectivity index (χ0) is 24.9. The van der Waals surface area contributed by atoms with E-state index in [1.807, 2.05) is 34.2 Å². The Kier molecular flexibility index (Phi) is 13.4. The second kappa shape index (κ2) is 14.0. The maximum atomic E-state index is 12.2. The van der Waals surface area contributed by atoms with Crippen LogP contribution in [0.5, 0.6) is 0 Å². The van der Waals surface area contributed by atoms with Crippen molar-refractivity contribution in [1.29, 1.82) is 0 Å². The van der Waals surface area contributed by atoms with E-state index in [9.17, 15) is 4.79 Å². The van der Waals surface area contributed by atoms with Gasteiger partial charge in [0.25, 0.3) is 0 Å². The molecule has 0 fully saturated rings. The van der Waals surface area contributed by atoms with Crippen molar-refractivity contribution in [2.45, 2.75) is 63.2 Å². The summed E-state index contributed by atoms with van der Waals surface area (Å²) in [6, 6.07) is 4.31. The lowest BCUT2D eigenvalue weighted by atomic mass is 10.6. The van der Waals surface area contributed by atoms with Gasteiger partial charge in [-0.25, -0.2) is 4.79 Å². The van der Waals surface area contributed by atoms with E-state index >= 15 is 0 Å². The SMILES string of the molecule is C=C[Si](C=C)(C=C)CCC[Si](C)(C)COC(=O)OC[Si](C)(C)CCC[Si](C=C)(C=C)C=C. The molecule has 0 aromatic rings. The second-order valence-corrected chi connectivity index (χ2v) is 28.4. The Morgan fingerprint density at radius 2 is 0.875 bits per heavy atom. The van der Waals surface area contributed by atoms with E-state index < -0.39 is 38.5 Å². The van der Waals surface area contributed by atoms with Crippen LogP contribution in [0.3, 0.4) is 0 Å². The molecule has 0 spiro atoms. The fourth-order valence-corrected chi connectivity index (χ4v) is 11.6. The van der Waals surface area contributed by atoms with E-state index in [2.05, 4.69) is 65.7 Å². The van der Waals surface area contributed by atoms with Crippen molar-refractivity contribution < 1.29 is 14.3 Å². The van der Waals surface area contributed by atoms with Crippen LogP contribution in [0.1, 0.15) is 12.8 Å². The van der Waals surface area contributed by atoms with Gasteiger partial charge in [-0.1, -0.05) is 85.3 Å². The van der Waals surface area contributed by atoms with Crippen molar-refractivity contribution in [3.63, 3.8) is 0 Å². The van der Waals surface area contributed by atoms with Crippen molar-refractivity contribution in [2.24, 2.45) is 0 Å². The quantitative estimate of drug-likeness (QED) is 0.141. The minimum atomic E-state index is -1.75. The summed E-state index contributed by atoms with van der Waals surface area (Å²) in [7, 11) is -6.81. The highest BCUT2D eigenvalue weighted by Crippen LogP contribution is 2.24. The Balaban J connectivity index is 4.43. The molecule has 0 amide bonds. The van der Waals surface area contributed by atoms with E-state index in [4.69, 9.17) is 9.47 Å². The van der Waals surface area contributed by atoms with Gasteiger partial charge in [-0.05, 0) is 12.1 Å². The van der Waals surface area contributed by atoms with Crippen LogP contribution >= 0.6 is 0 Å². The Hall–Kier alpha value is -1.42. The summed E-state index contributed by atoms with van der Waals surface area (Å²) in [5.41, 5.74) is 12.2. The van der Waals surface area contributed by atoms with Crippen LogP contribution in [0.2, 0.25) is 50.4 Å². The minimum Gasteiger partial charge on any atom is -0.438 e. The Labute approximate surface area is 201 Å². The Morgan fingerprint density at radius 1 is 0.594 bits per heavy atom. The lowest BCUT2D eigenvalue weighted by Crippen LogP contribution is -2.37. The maximum Gasteiger partial charge on any atom is 0.507 e. The van der Waals surface area contributed by atoms with Gasteiger partial charge in [-0.2, -0.15) is 0 Å². The number of rotatable bonds is 18. The third-order valence-electron chi connectivity index (χ3n) is 6.37. The summed E-state index contributed by atoms with van der Waals surface area (Å²) in [6.45, 7) is 32.8. The minimum absolute atomic E-state index is 0.491. The molecule has 0 unspecified atom stereocenters. The van der Waals surface area contributed by atoms with Crippen LogP contribution in [-0.2, 0) is 9.47 Å². The van der Waals surface area contributed by atoms with Gasteiger partial charge >= 0.3 is 6.16 Å². The van der Waals surface area contributed by atoms with Gasteiger partial charge in [0.05, 0.1) is 28.6 Å². The maximum absolute atomic E-state index is 12.2. The van der Waals surface area contributed by atoms with Crippen molar-refractivity contribution in [1.82, 2.24) is 0 Å². The number of carbonyl (C=O) groups excluding carboxylic acids is 1. The van der Waals surface area contributed by atoms with Gasteiger partial charge in [-0.15, -0.1) is 39.5 Å². The molecule has 0 bridgehead atoms. The van der Waals surface area contributed by atoms with Crippen LogP contribution in [0.4, 0.5) is 4.79 Å². The zero-order valence-corrected chi connectivity index (χ0v) is 25.1. The van der Waals surface area contributed by atoms with Gasteiger partial charge in [0.1, 0.15) is 16.1 Å². The molecule has 3 nitrogen and oxygen atoms in total. The van der Waals surface area contributed by atoms with Gasteiger partial charge in [0.2, 0.25) is 0 Å². The zero-order valence-electron chi connectivity index (χ0n) is 21.1. The molecule has 0 saturated heterocycles. The molecule has 0 aliphatic rings. The number of carbonyl (C=O) groups is 1. The van der Waals surface area contributed by atoms with Crippen LogP contribution in [0, 0.1) is 0 Å². The van der Waals surface area contributed by atoms with Crippen molar-refractivity contribution in [3.8, 4) is 0 Å². The first kappa shape index (κ1) is 30.6. The van der Waals surface area contributed by atoms with Gasteiger partial charge in [0.15, 0.2) is 0 Å². The van der Waals surface area contributed by atoms with E-state index in [0.717, 1.165) is 37.0 Å². The highest BCUT2D eigenvalue weighted by molar-refractivity contribution is 6.93. The molecule has 0 heterocycles. The first-order valence-electron chi connectivity index (χ1n) is 11.5. The van der Waals surface area contributed by atoms with Gasteiger partial charge in [-0.3, -0.25) is 0 Å². The lowest BCUT2D eigenvalue weighted by Gasteiger charge is -2.26. The largest absolute Gasteiger partial charge is 0.507 e. The predicted octanol–water partition coefficient (Wildman–Crippen LogP) is 7.66. The molecular formula is C25H46O3Si4. The van der Waals surface area contributed by atoms with Crippen LogP contribution in [0.25, 0.3) is 0 Å². The Bertz CT molecular complexity index is 583. The molecule has 0 aromatic heterocycles. The summed E-state index contributed by atoms with van der Waals surface area (Å²) < 4.78 is 11.0. The molecule has 0 N–H and O–H groups in total. The molecule has 0 radical (unpaired) electrons. The van der Waals surface area contributed by atoms with Gasteiger partial charge < -0.3 is 9.47 Å². The first-order chi connectivity index (χ1) is 14.9. The molecule has 180 valence electrons. The highest BCUT2D eigenvalue weighted by atomic mass is 28.3. The molecule has 0 atom stereocenters. The summed E-state index contributed by atoms with van der Waals surface area (Å²) in [6.07, 6.45) is 2.62. The second-order valence-electron chi connectivity index (χ2n) is 10.3. The molecular weight excluding hydrogens is 461 g/mol. The smallest absolute Gasteiger partial charge is 0.438 e. The topological polar surface area (TPSA) is 35.5 Å². The standard InChI is InChI=1S/C25H46O3Si4/c1-11-31(12-2,13-3)21-17-19-29(7,8)23-27-25(26)28-24-30(9,10)20-18-22-32(14-4,15-5)16-6/h11-16H,1-6,17-24H2,7-10H3. The monoisotopic (exact) mass is 506 g/mol. The third kappa shape index (κ3) is 10.9. The molecule has 0 aliphatic heterocycles. The normalized spacial score (nSPS) is 12.4. The highest BCUT2D eigenvalue weighted by Gasteiger charge is 2.29. The average Bonchev–Trinajstić information content (AvgIpc) is 2.77. The van der Waals surface area contributed by atoms with E-state index in [1.165, 1.54) is 0 Å². The van der Waals surface area contributed by atoms with Gasteiger partial charge in [0, 0.05) is 0 Å². The predicted molar refractivity (Wildman–Crippen MR) is 153 cm³/mol. The van der Waals surface area contributed by atoms with E-state index in [1.54, 1.807) is 0 Å². The molecule has 32 heavy (non-hydrogen) atoms. The summed E-state index contributed by atoms with van der Waals surface area (Å²) in [5.74, 6) is 0. The lowest BCUT2D eigenvalue weighted by molar-refractivity contribution is 0.0776.